The van der Waals surface area contributed by atoms with Gasteiger partial charge in [0, 0.05) is 24.2 Å². The smallest absolute Gasteiger partial charge is 0.178 e. The summed E-state index contributed by atoms with van der Waals surface area (Å²) >= 11 is 0. The normalized spacial score (nSPS) is 45.9. The molecule has 4 aliphatic rings. The van der Waals surface area contributed by atoms with Crippen molar-refractivity contribution in [1.82, 2.24) is 0 Å². The van der Waals surface area contributed by atoms with E-state index in [1.165, 1.54) is 0 Å². The Morgan fingerprint density at radius 2 is 1.93 bits per heavy atom. The van der Waals surface area contributed by atoms with E-state index in [1.807, 2.05) is 6.92 Å². The van der Waals surface area contributed by atoms with Crippen LogP contribution in [-0.4, -0.2) is 34.6 Å². The van der Waals surface area contributed by atoms with Crippen LogP contribution < -0.4 is 5.73 Å². The molecule has 3 N–H and O–H groups in total. The third-order valence-corrected chi connectivity index (χ3v) is 8.45. The lowest BCUT2D eigenvalue weighted by Crippen LogP contribution is -2.61. The van der Waals surface area contributed by atoms with Crippen molar-refractivity contribution in [1.29, 1.82) is 0 Å². The summed E-state index contributed by atoms with van der Waals surface area (Å²) in [6.45, 7) is 3.88. The summed E-state index contributed by atoms with van der Waals surface area (Å²) in [5.74, 6) is 0.232. The van der Waals surface area contributed by atoms with Crippen LogP contribution in [0.3, 0.4) is 0 Å². The number of Topliss-reactive ketones (excluding diaryl/α,β-unsaturated/α-hetero) is 2. The number of allylic oxidation sites excluding steroid dienone is 1. The van der Waals surface area contributed by atoms with Gasteiger partial charge in [0.1, 0.15) is 11.4 Å². The Bertz CT molecular complexity index is 734. The van der Waals surface area contributed by atoms with Crippen LogP contribution in [0.4, 0.5) is 0 Å². The third-order valence-electron chi connectivity index (χ3n) is 8.45. The number of rotatable bonds is 2. The van der Waals surface area contributed by atoms with Gasteiger partial charge in [-0.3, -0.25) is 14.4 Å². The third kappa shape index (κ3) is 2.54. The molecule has 5 nitrogen and oxygen atoms in total. The topological polar surface area (TPSA) is 97.5 Å². The first-order valence-corrected chi connectivity index (χ1v) is 9.90. The van der Waals surface area contributed by atoms with Gasteiger partial charge in [-0.15, -0.1) is 12.4 Å². The number of halogens is 1. The quantitative estimate of drug-likeness (QED) is 0.748. The molecule has 150 valence electrons. The molecular formula is C21H30ClNO4. The molecule has 6 heteroatoms. The number of aliphatic hydroxyl groups is 1. The Morgan fingerprint density at radius 1 is 1.22 bits per heavy atom. The van der Waals surface area contributed by atoms with E-state index >= 15 is 0 Å². The number of ketones is 3. The lowest BCUT2D eigenvalue weighted by Gasteiger charge is -2.57. The van der Waals surface area contributed by atoms with Crippen molar-refractivity contribution in [3.8, 4) is 0 Å². The van der Waals surface area contributed by atoms with E-state index in [0.29, 0.717) is 12.8 Å². The average Bonchev–Trinajstić information content (AvgIpc) is 2.86. The summed E-state index contributed by atoms with van der Waals surface area (Å²) in [7, 11) is 0. The van der Waals surface area contributed by atoms with Crippen LogP contribution in [0.5, 0.6) is 0 Å². The first-order valence-electron chi connectivity index (χ1n) is 9.90. The molecule has 3 fully saturated rings. The molecule has 4 aliphatic carbocycles. The zero-order valence-corrected chi connectivity index (χ0v) is 16.9. The zero-order chi connectivity index (χ0) is 18.9. The molecule has 0 aromatic carbocycles. The van der Waals surface area contributed by atoms with E-state index in [4.69, 9.17) is 5.73 Å². The van der Waals surface area contributed by atoms with Gasteiger partial charge in [-0.2, -0.15) is 0 Å². The molecule has 0 aliphatic heterocycles. The molecule has 0 bridgehead atoms. The van der Waals surface area contributed by atoms with Crippen LogP contribution in [0.25, 0.3) is 0 Å². The lowest BCUT2D eigenvalue weighted by molar-refractivity contribution is -0.168. The van der Waals surface area contributed by atoms with Gasteiger partial charge in [0.05, 0.1) is 6.54 Å². The Balaban J connectivity index is 0.00000210. The van der Waals surface area contributed by atoms with E-state index in [1.54, 1.807) is 6.08 Å². The average molecular weight is 396 g/mol. The second kappa shape index (κ2) is 6.50. The summed E-state index contributed by atoms with van der Waals surface area (Å²) in [5, 5.41) is 11.2. The molecule has 27 heavy (non-hydrogen) atoms. The van der Waals surface area contributed by atoms with Gasteiger partial charge in [0.25, 0.3) is 0 Å². The van der Waals surface area contributed by atoms with Gasteiger partial charge in [-0.1, -0.05) is 19.4 Å². The molecule has 3 saturated carbocycles. The Hall–Kier alpha value is -1.04. The van der Waals surface area contributed by atoms with Gasteiger partial charge in [-0.05, 0) is 55.4 Å². The SMILES string of the molecule is CC12CCC(=O)C=C1CC[C@@H]1[C@@H]2C(=O)CC2(C)[C@H]1CC[C@]2(O)C(=O)CN.Cl. The Labute approximate surface area is 166 Å². The summed E-state index contributed by atoms with van der Waals surface area (Å²) in [6.07, 6.45) is 6.13. The Kier molecular flexibility index (Phi) is 4.98. The van der Waals surface area contributed by atoms with Crippen molar-refractivity contribution < 1.29 is 19.5 Å². The molecule has 2 unspecified atom stereocenters. The monoisotopic (exact) mass is 395 g/mol. The number of fused-ring (bicyclic) bond motifs is 5. The fourth-order valence-corrected chi connectivity index (χ4v) is 7.01. The molecule has 0 aromatic heterocycles. The van der Waals surface area contributed by atoms with Crippen LogP contribution in [0.2, 0.25) is 0 Å². The predicted molar refractivity (Wildman–Crippen MR) is 103 cm³/mol. The highest BCUT2D eigenvalue weighted by molar-refractivity contribution is 5.94. The molecule has 0 amide bonds. The van der Waals surface area contributed by atoms with Crippen molar-refractivity contribution in [3.63, 3.8) is 0 Å². The molecule has 0 saturated heterocycles. The van der Waals surface area contributed by atoms with Crippen LogP contribution in [-0.2, 0) is 14.4 Å². The maximum absolute atomic E-state index is 13.4. The van der Waals surface area contributed by atoms with Crippen LogP contribution in [0, 0.1) is 28.6 Å². The molecule has 0 heterocycles. The molecule has 0 aromatic rings. The zero-order valence-electron chi connectivity index (χ0n) is 16.1. The first-order chi connectivity index (χ1) is 12.2. The lowest BCUT2D eigenvalue weighted by atomic mass is 9.46. The second-order valence-electron chi connectivity index (χ2n) is 9.43. The van der Waals surface area contributed by atoms with E-state index in [2.05, 4.69) is 6.92 Å². The number of nitrogens with two attached hydrogens (primary N) is 1. The fraction of sp³-hybridized carbons (Fsp3) is 0.762. The maximum Gasteiger partial charge on any atom is 0.178 e. The number of carbonyl (C=O) groups excluding carboxylic acids is 3. The van der Waals surface area contributed by atoms with Crippen LogP contribution in [0.1, 0.15) is 58.8 Å². The molecule has 0 spiro atoms. The van der Waals surface area contributed by atoms with Gasteiger partial charge >= 0.3 is 0 Å². The van der Waals surface area contributed by atoms with E-state index in [9.17, 15) is 19.5 Å². The van der Waals surface area contributed by atoms with Gasteiger partial charge in [-0.25, -0.2) is 0 Å². The number of carbonyl (C=O) groups is 3. The maximum atomic E-state index is 13.4. The van der Waals surface area contributed by atoms with Crippen molar-refractivity contribution in [2.24, 2.45) is 34.3 Å². The van der Waals surface area contributed by atoms with Crippen molar-refractivity contribution in [2.45, 2.75) is 64.4 Å². The molecule has 6 atom stereocenters. The van der Waals surface area contributed by atoms with Gasteiger partial charge in [0.15, 0.2) is 11.6 Å². The minimum Gasteiger partial charge on any atom is -0.381 e. The summed E-state index contributed by atoms with van der Waals surface area (Å²) in [4.78, 5) is 37.7. The molecular weight excluding hydrogens is 366 g/mol. The standard InChI is InChI=1S/C21H29NO4.ClH/c1-19-7-5-13(23)9-12(19)3-4-14-15-6-8-21(26,17(25)11-22)20(15,2)10-16(24)18(14)19;/h9,14-15,18,26H,3-8,10-11,22H2,1-2H3;1H/t14-,15-,18+,19?,20?,21-;/m0./s1. The summed E-state index contributed by atoms with van der Waals surface area (Å²) < 4.78 is 0. The van der Waals surface area contributed by atoms with Crippen molar-refractivity contribution in [2.75, 3.05) is 6.54 Å². The minimum absolute atomic E-state index is 0. The second-order valence-corrected chi connectivity index (χ2v) is 9.43. The highest BCUT2D eigenvalue weighted by Crippen LogP contribution is 2.66. The van der Waals surface area contributed by atoms with Gasteiger partial charge in [0.2, 0.25) is 0 Å². The fourth-order valence-electron chi connectivity index (χ4n) is 7.01. The van der Waals surface area contributed by atoms with E-state index in [0.717, 1.165) is 31.3 Å². The van der Waals surface area contributed by atoms with Gasteiger partial charge < -0.3 is 10.8 Å². The molecule has 0 radical (unpaired) electrons. The number of hydrogen-bond donors (Lipinski definition) is 2. The van der Waals surface area contributed by atoms with Crippen molar-refractivity contribution in [3.05, 3.63) is 11.6 Å². The predicted octanol–water partition coefficient (Wildman–Crippen LogP) is 2.38. The summed E-state index contributed by atoms with van der Waals surface area (Å²) in [5.41, 5.74) is 4.27. The number of hydrogen-bond acceptors (Lipinski definition) is 5. The Morgan fingerprint density at radius 3 is 2.59 bits per heavy atom. The largest absolute Gasteiger partial charge is 0.381 e. The first kappa shape index (κ1) is 20.7. The highest BCUT2D eigenvalue weighted by Gasteiger charge is 2.68. The highest BCUT2D eigenvalue weighted by atomic mass is 35.5. The van der Waals surface area contributed by atoms with Crippen molar-refractivity contribution >= 4 is 29.8 Å². The van der Waals surface area contributed by atoms with Crippen LogP contribution in [0.15, 0.2) is 11.6 Å². The molecule has 4 rings (SSSR count). The summed E-state index contributed by atoms with van der Waals surface area (Å²) in [6, 6.07) is 0. The minimum atomic E-state index is -1.48. The van der Waals surface area contributed by atoms with Crippen LogP contribution >= 0.6 is 12.4 Å². The van der Waals surface area contributed by atoms with E-state index in [-0.39, 0.29) is 65.9 Å². The van der Waals surface area contributed by atoms with E-state index < -0.39 is 11.0 Å².